The van der Waals surface area contributed by atoms with Gasteiger partial charge in [0.2, 0.25) is 0 Å². The van der Waals surface area contributed by atoms with Crippen molar-refractivity contribution < 1.29 is 24.0 Å². The average Bonchev–Trinajstić information content (AvgIpc) is 2.98. The number of carbonyl (C=O) groups is 2. The minimum absolute atomic E-state index is 0.0455. The highest BCUT2D eigenvalue weighted by Gasteiger charge is 2.46. The summed E-state index contributed by atoms with van der Waals surface area (Å²) < 4.78 is 14.1. The van der Waals surface area contributed by atoms with E-state index in [1.54, 1.807) is 27.1 Å². The van der Waals surface area contributed by atoms with E-state index in [1.165, 1.54) is 35.2 Å². The lowest BCUT2D eigenvalue weighted by molar-refractivity contribution is -0.384. The molecule has 1 saturated heterocycles. The van der Waals surface area contributed by atoms with Crippen LogP contribution in [0.15, 0.2) is 48.0 Å². The van der Waals surface area contributed by atoms with E-state index >= 15 is 0 Å². The first kappa shape index (κ1) is 22.1. The first-order valence-electron chi connectivity index (χ1n) is 9.56. The summed E-state index contributed by atoms with van der Waals surface area (Å²) in [6, 6.07) is 8.51. The van der Waals surface area contributed by atoms with Gasteiger partial charge in [-0.05, 0) is 38.2 Å². The topological polar surface area (TPSA) is 104 Å². The Bertz CT molecular complexity index is 1100. The lowest BCUT2D eigenvalue weighted by Gasteiger charge is -2.26. The number of nitro benzene ring substituents is 1. The predicted molar refractivity (Wildman–Crippen MR) is 112 cm³/mol. The lowest BCUT2D eigenvalue weighted by atomic mass is 9.94. The van der Waals surface area contributed by atoms with Gasteiger partial charge in [-0.25, -0.2) is 4.39 Å². The van der Waals surface area contributed by atoms with Crippen molar-refractivity contribution in [1.29, 1.82) is 0 Å². The molecule has 1 aliphatic heterocycles. The summed E-state index contributed by atoms with van der Waals surface area (Å²) in [7, 11) is 3.60. The summed E-state index contributed by atoms with van der Waals surface area (Å²) in [6.07, 6.45) is 0. The van der Waals surface area contributed by atoms with E-state index < -0.39 is 34.2 Å². The van der Waals surface area contributed by atoms with Crippen molar-refractivity contribution in [3.05, 3.63) is 80.7 Å². The van der Waals surface area contributed by atoms with Crippen LogP contribution in [0.2, 0.25) is 0 Å². The molecule has 0 bridgehead atoms. The number of aliphatic hydroxyl groups excluding tert-OH is 1. The standard InChI is InChI=1S/C22H22FN3O5/c1-13-7-8-15(12-17(13)23)20(27)18-19(14-5-4-6-16(11-14)26(30)31)25(10-9-24(2)3)22(29)21(18)28/h4-8,11-12,19,27H,9-10H2,1-3H3/b20-18+. The largest absolute Gasteiger partial charge is 0.507 e. The third-order valence-corrected chi connectivity index (χ3v) is 5.17. The molecule has 2 aromatic rings. The van der Waals surface area contributed by atoms with Gasteiger partial charge in [-0.15, -0.1) is 0 Å². The highest BCUT2D eigenvalue weighted by Crippen LogP contribution is 2.40. The number of ketones is 1. The second-order valence-corrected chi connectivity index (χ2v) is 7.61. The number of carbonyl (C=O) groups excluding carboxylic acids is 2. The van der Waals surface area contributed by atoms with E-state index in [4.69, 9.17) is 0 Å². The predicted octanol–water partition coefficient (Wildman–Crippen LogP) is 3.03. The number of amides is 1. The maximum Gasteiger partial charge on any atom is 0.295 e. The third-order valence-electron chi connectivity index (χ3n) is 5.17. The van der Waals surface area contributed by atoms with Crippen LogP contribution in [0.4, 0.5) is 10.1 Å². The molecule has 0 aromatic heterocycles. The summed E-state index contributed by atoms with van der Waals surface area (Å²) in [5, 5.41) is 22.1. The number of aliphatic hydroxyl groups is 1. The number of hydrogen-bond acceptors (Lipinski definition) is 6. The lowest BCUT2D eigenvalue weighted by Crippen LogP contribution is -2.35. The number of benzene rings is 2. The number of likely N-dealkylation sites (tertiary alicyclic amines) is 1. The van der Waals surface area contributed by atoms with Gasteiger partial charge in [0.25, 0.3) is 17.4 Å². The van der Waals surface area contributed by atoms with E-state index in [0.29, 0.717) is 17.7 Å². The summed E-state index contributed by atoms with van der Waals surface area (Å²) in [5.41, 5.74) is 0.272. The summed E-state index contributed by atoms with van der Waals surface area (Å²) in [6.45, 7) is 2.14. The van der Waals surface area contributed by atoms with Crippen molar-refractivity contribution in [1.82, 2.24) is 9.80 Å². The number of hydrogen-bond donors (Lipinski definition) is 1. The van der Waals surface area contributed by atoms with Gasteiger partial charge in [-0.1, -0.05) is 24.3 Å². The molecule has 9 heteroatoms. The van der Waals surface area contributed by atoms with Crippen LogP contribution in [0.25, 0.3) is 5.76 Å². The highest BCUT2D eigenvalue weighted by atomic mass is 19.1. The molecule has 1 aliphatic rings. The van der Waals surface area contributed by atoms with Crippen molar-refractivity contribution >= 4 is 23.1 Å². The van der Waals surface area contributed by atoms with Gasteiger partial charge in [0.1, 0.15) is 11.6 Å². The van der Waals surface area contributed by atoms with Crippen molar-refractivity contribution in [2.45, 2.75) is 13.0 Å². The number of rotatable bonds is 6. The van der Waals surface area contributed by atoms with Gasteiger partial charge in [-0.2, -0.15) is 0 Å². The number of non-ortho nitro benzene ring substituents is 1. The van der Waals surface area contributed by atoms with Crippen LogP contribution < -0.4 is 0 Å². The van der Waals surface area contributed by atoms with Gasteiger partial charge in [0.15, 0.2) is 0 Å². The van der Waals surface area contributed by atoms with E-state index in [9.17, 15) is 29.2 Å². The molecular formula is C22H22FN3O5. The Hall–Kier alpha value is -3.59. The van der Waals surface area contributed by atoms with Gasteiger partial charge in [-0.3, -0.25) is 19.7 Å². The number of halogens is 1. The Morgan fingerprint density at radius 3 is 2.55 bits per heavy atom. The molecule has 1 fully saturated rings. The molecule has 1 atom stereocenters. The molecule has 1 N–H and O–H groups in total. The zero-order valence-electron chi connectivity index (χ0n) is 17.3. The second kappa shape index (κ2) is 8.65. The van der Waals surface area contributed by atoms with E-state index in [-0.39, 0.29) is 23.4 Å². The molecule has 0 aliphatic carbocycles. The number of nitrogens with zero attached hydrogens (tertiary/aromatic N) is 3. The van der Waals surface area contributed by atoms with E-state index in [0.717, 1.165) is 6.07 Å². The fourth-order valence-corrected chi connectivity index (χ4v) is 3.47. The van der Waals surface area contributed by atoms with Crippen LogP contribution >= 0.6 is 0 Å². The van der Waals surface area contributed by atoms with E-state index in [2.05, 4.69) is 0 Å². The first-order chi connectivity index (χ1) is 14.6. The van der Waals surface area contributed by atoms with Crippen LogP contribution in [0.1, 0.15) is 22.7 Å². The molecular weight excluding hydrogens is 405 g/mol. The Kier molecular flexibility index (Phi) is 6.16. The maximum atomic E-state index is 14.1. The molecule has 3 rings (SSSR count). The van der Waals surface area contributed by atoms with Crippen molar-refractivity contribution in [3.63, 3.8) is 0 Å². The fraction of sp³-hybridized carbons (Fsp3) is 0.273. The molecule has 162 valence electrons. The average molecular weight is 427 g/mol. The number of aryl methyl sites for hydroxylation is 1. The van der Waals surface area contributed by atoms with Crippen LogP contribution in [0.5, 0.6) is 0 Å². The van der Waals surface area contributed by atoms with Gasteiger partial charge < -0.3 is 14.9 Å². The summed E-state index contributed by atoms with van der Waals surface area (Å²) in [4.78, 5) is 39.4. The fourth-order valence-electron chi connectivity index (χ4n) is 3.47. The molecule has 1 unspecified atom stereocenters. The van der Waals surface area contributed by atoms with Crippen molar-refractivity contribution in [3.8, 4) is 0 Å². The molecule has 8 nitrogen and oxygen atoms in total. The number of Topliss-reactive ketones (excluding diaryl/α,β-unsaturated/α-hetero) is 1. The maximum absolute atomic E-state index is 14.1. The second-order valence-electron chi connectivity index (χ2n) is 7.61. The van der Waals surface area contributed by atoms with Gasteiger partial charge >= 0.3 is 0 Å². The SMILES string of the molecule is Cc1ccc(/C(O)=C2\C(=O)C(=O)N(CCN(C)C)C2c2cccc([N+](=O)[O-])c2)cc1F. The first-order valence-corrected chi connectivity index (χ1v) is 9.56. The molecule has 2 aromatic carbocycles. The molecule has 31 heavy (non-hydrogen) atoms. The molecule has 1 heterocycles. The quantitative estimate of drug-likeness (QED) is 0.250. The Morgan fingerprint density at radius 1 is 1.23 bits per heavy atom. The van der Waals surface area contributed by atoms with Crippen LogP contribution in [0, 0.1) is 22.9 Å². The van der Waals surface area contributed by atoms with Crippen LogP contribution in [0.3, 0.4) is 0 Å². The summed E-state index contributed by atoms with van der Waals surface area (Å²) >= 11 is 0. The highest BCUT2D eigenvalue weighted by molar-refractivity contribution is 6.46. The zero-order valence-corrected chi connectivity index (χ0v) is 17.3. The monoisotopic (exact) mass is 427 g/mol. The Morgan fingerprint density at radius 2 is 1.94 bits per heavy atom. The smallest absolute Gasteiger partial charge is 0.295 e. The molecule has 1 amide bonds. The molecule has 0 radical (unpaired) electrons. The number of nitro groups is 1. The number of likely N-dealkylation sites (N-methyl/N-ethyl adjacent to an activating group) is 1. The van der Waals surface area contributed by atoms with Crippen molar-refractivity contribution in [2.24, 2.45) is 0 Å². The van der Waals surface area contributed by atoms with Crippen LogP contribution in [-0.4, -0.2) is 58.7 Å². The Labute approximate surface area is 178 Å². The normalized spacial score (nSPS) is 18.1. The Balaban J connectivity index is 2.20. The third kappa shape index (κ3) is 4.31. The summed E-state index contributed by atoms with van der Waals surface area (Å²) in [5.74, 6) is -2.85. The van der Waals surface area contributed by atoms with Gasteiger partial charge in [0, 0.05) is 30.8 Å². The van der Waals surface area contributed by atoms with Crippen LogP contribution in [-0.2, 0) is 9.59 Å². The molecule has 0 saturated carbocycles. The zero-order chi connectivity index (χ0) is 22.9. The van der Waals surface area contributed by atoms with E-state index in [1.807, 2.05) is 4.90 Å². The van der Waals surface area contributed by atoms with Crippen molar-refractivity contribution in [2.75, 3.05) is 27.2 Å². The molecule has 0 spiro atoms. The van der Waals surface area contributed by atoms with Gasteiger partial charge in [0.05, 0.1) is 16.5 Å². The minimum Gasteiger partial charge on any atom is -0.507 e. The minimum atomic E-state index is -1.04.